The third-order valence-electron chi connectivity index (χ3n) is 3.68. The van der Waals surface area contributed by atoms with E-state index in [-0.39, 0.29) is 5.91 Å². The van der Waals surface area contributed by atoms with Gasteiger partial charge in [-0.25, -0.2) is 5.43 Å². The van der Waals surface area contributed by atoms with Crippen LogP contribution in [0.2, 0.25) is 5.02 Å². The summed E-state index contributed by atoms with van der Waals surface area (Å²) in [5, 5.41) is 4.70. The standard InChI is InChI=1S/C21H16ClIN2O2/c22-18-7-1-16(2-8-18)14-27-20-11-3-15(4-12-20)13-24-25-21(26)17-5-9-19(23)10-6-17/h1-13H,14H2,(H,25,26)/b24-13-. The maximum absolute atomic E-state index is 12.0. The number of nitrogens with one attached hydrogen (secondary N) is 1. The van der Waals surface area contributed by atoms with Gasteiger partial charge in [0.05, 0.1) is 6.21 Å². The van der Waals surface area contributed by atoms with Gasteiger partial charge < -0.3 is 4.74 Å². The number of hydrogen-bond donors (Lipinski definition) is 1. The average molecular weight is 491 g/mol. The lowest BCUT2D eigenvalue weighted by molar-refractivity contribution is 0.0955. The zero-order valence-corrected chi connectivity index (χ0v) is 17.1. The first-order valence-corrected chi connectivity index (χ1v) is 9.62. The van der Waals surface area contributed by atoms with Crippen molar-refractivity contribution in [3.63, 3.8) is 0 Å². The third-order valence-corrected chi connectivity index (χ3v) is 4.66. The Morgan fingerprint density at radius 1 is 1.00 bits per heavy atom. The van der Waals surface area contributed by atoms with Gasteiger partial charge in [-0.3, -0.25) is 4.79 Å². The highest BCUT2D eigenvalue weighted by Gasteiger charge is 2.03. The fraction of sp³-hybridized carbons (Fsp3) is 0.0476. The molecule has 0 bridgehead atoms. The molecule has 1 N–H and O–H groups in total. The van der Waals surface area contributed by atoms with Crippen LogP contribution in [0.15, 0.2) is 77.9 Å². The van der Waals surface area contributed by atoms with Crippen molar-refractivity contribution in [2.75, 3.05) is 0 Å². The maximum Gasteiger partial charge on any atom is 0.271 e. The number of ether oxygens (including phenoxy) is 1. The predicted molar refractivity (Wildman–Crippen MR) is 116 cm³/mol. The molecule has 136 valence electrons. The number of benzene rings is 3. The molecule has 3 aromatic carbocycles. The first-order chi connectivity index (χ1) is 13.1. The monoisotopic (exact) mass is 490 g/mol. The van der Waals surface area contributed by atoms with Crippen LogP contribution in [0, 0.1) is 3.57 Å². The molecular formula is C21H16ClIN2O2. The molecule has 27 heavy (non-hydrogen) atoms. The molecule has 0 radical (unpaired) electrons. The summed E-state index contributed by atoms with van der Waals surface area (Å²) in [6.45, 7) is 0.469. The SMILES string of the molecule is O=C(N/N=C\c1ccc(OCc2ccc(Cl)cc2)cc1)c1ccc(I)cc1. The Morgan fingerprint density at radius 2 is 1.67 bits per heavy atom. The van der Waals surface area contributed by atoms with Crippen LogP contribution >= 0.6 is 34.2 Å². The van der Waals surface area contributed by atoms with Crippen molar-refractivity contribution in [2.24, 2.45) is 5.10 Å². The van der Waals surface area contributed by atoms with Crippen LogP contribution in [-0.2, 0) is 6.61 Å². The van der Waals surface area contributed by atoms with Gasteiger partial charge >= 0.3 is 0 Å². The molecule has 6 heteroatoms. The summed E-state index contributed by atoms with van der Waals surface area (Å²) in [6, 6.07) is 22.3. The van der Waals surface area contributed by atoms with Crippen molar-refractivity contribution in [3.05, 3.63) is 98.1 Å². The van der Waals surface area contributed by atoms with Gasteiger partial charge in [0.1, 0.15) is 12.4 Å². The lowest BCUT2D eigenvalue weighted by atomic mass is 10.2. The minimum absolute atomic E-state index is 0.245. The summed E-state index contributed by atoms with van der Waals surface area (Å²) in [7, 11) is 0. The molecule has 0 spiro atoms. The summed E-state index contributed by atoms with van der Waals surface area (Å²) in [5.74, 6) is 0.510. The van der Waals surface area contributed by atoms with Crippen LogP contribution in [0.4, 0.5) is 0 Å². The number of carbonyl (C=O) groups is 1. The molecule has 0 heterocycles. The van der Waals surface area contributed by atoms with Crippen molar-refractivity contribution >= 4 is 46.3 Å². The first kappa shape index (κ1) is 19.4. The van der Waals surface area contributed by atoms with Crippen LogP contribution in [0.1, 0.15) is 21.5 Å². The van der Waals surface area contributed by atoms with E-state index in [1.165, 1.54) is 0 Å². The number of rotatable bonds is 6. The van der Waals surface area contributed by atoms with Gasteiger partial charge in [-0.2, -0.15) is 5.10 Å². The molecule has 0 saturated carbocycles. The zero-order valence-electron chi connectivity index (χ0n) is 14.2. The van der Waals surface area contributed by atoms with E-state index in [9.17, 15) is 4.79 Å². The van der Waals surface area contributed by atoms with Crippen molar-refractivity contribution in [2.45, 2.75) is 6.61 Å². The Balaban J connectivity index is 1.50. The Kier molecular flexibility index (Phi) is 6.84. The third kappa shape index (κ3) is 6.08. The van der Waals surface area contributed by atoms with Gasteiger partial charge in [-0.15, -0.1) is 0 Å². The molecule has 0 aromatic heterocycles. The molecule has 0 saturated heterocycles. The molecule has 3 aromatic rings. The molecule has 1 amide bonds. The van der Waals surface area contributed by atoms with Crippen LogP contribution in [0.25, 0.3) is 0 Å². The minimum Gasteiger partial charge on any atom is -0.489 e. The Morgan fingerprint density at radius 3 is 2.33 bits per heavy atom. The number of hydrazone groups is 1. The van der Waals surface area contributed by atoms with Crippen molar-refractivity contribution < 1.29 is 9.53 Å². The Labute approximate surface area is 176 Å². The van der Waals surface area contributed by atoms with E-state index < -0.39 is 0 Å². The fourth-order valence-corrected chi connectivity index (χ4v) is 2.71. The van der Waals surface area contributed by atoms with E-state index in [1.54, 1.807) is 18.3 Å². The molecule has 4 nitrogen and oxygen atoms in total. The van der Waals surface area contributed by atoms with Crippen molar-refractivity contribution in [1.29, 1.82) is 0 Å². The molecule has 0 atom stereocenters. The molecule has 0 aliphatic rings. The molecule has 0 fully saturated rings. The minimum atomic E-state index is -0.245. The van der Waals surface area contributed by atoms with Crippen LogP contribution in [-0.4, -0.2) is 12.1 Å². The summed E-state index contributed by atoms with van der Waals surface area (Å²) in [4.78, 5) is 12.0. The highest BCUT2D eigenvalue weighted by Crippen LogP contribution is 2.15. The average Bonchev–Trinajstić information content (AvgIpc) is 2.69. The van der Waals surface area contributed by atoms with Crippen LogP contribution in [0.5, 0.6) is 5.75 Å². The van der Waals surface area contributed by atoms with E-state index >= 15 is 0 Å². The Bertz CT molecular complexity index is 924. The maximum atomic E-state index is 12.0. The number of halogens is 2. The fourth-order valence-electron chi connectivity index (χ4n) is 2.23. The normalized spacial score (nSPS) is 10.7. The summed E-state index contributed by atoms with van der Waals surface area (Å²) < 4.78 is 6.81. The quantitative estimate of drug-likeness (QED) is 0.290. The molecule has 0 aliphatic carbocycles. The highest BCUT2D eigenvalue weighted by atomic mass is 127. The van der Waals surface area contributed by atoms with E-state index in [0.29, 0.717) is 17.2 Å². The number of carbonyl (C=O) groups excluding carboxylic acids is 1. The summed E-state index contributed by atoms with van der Waals surface area (Å²) >= 11 is 8.06. The smallest absolute Gasteiger partial charge is 0.271 e. The van der Waals surface area contributed by atoms with Crippen molar-refractivity contribution in [1.82, 2.24) is 5.43 Å². The second kappa shape index (κ2) is 9.53. The van der Waals surface area contributed by atoms with Gasteiger partial charge in [-0.1, -0.05) is 23.7 Å². The van der Waals surface area contributed by atoms with E-state index in [4.69, 9.17) is 16.3 Å². The zero-order chi connectivity index (χ0) is 19.1. The molecule has 0 unspecified atom stereocenters. The lowest BCUT2D eigenvalue weighted by Crippen LogP contribution is -2.17. The lowest BCUT2D eigenvalue weighted by Gasteiger charge is -2.06. The molecule has 0 aliphatic heterocycles. The van der Waals surface area contributed by atoms with E-state index in [2.05, 4.69) is 33.1 Å². The molecular weight excluding hydrogens is 475 g/mol. The van der Waals surface area contributed by atoms with Gasteiger partial charge in [0.2, 0.25) is 0 Å². The predicted octanol–water partition coefficient (Wildman–Crippen LogP) is 5.29. The van der Waals surface area contributed by atoms with Gasteiger partial charge in [0.15, 0.2) is 0 Å². The van der Waals surface area contributed by atoms with E-state index in [0.717, 1.165) is 20.4 Å². The van der Waals surface area contributed by atoms with Gasteiger partial charge in [0.25, 0.3) is 5.91 Å². The number of hydrogen-bond acceptors (Lipinski definition) is 3. The van der Waals surface area contributed by atoms with Gasteiger partial charge in [-0.05, 0) is 94.4 Å². The summed E-state index contributed by atoms with van der Waals surface area (Å²) in [6.07, 6.45) is 1.59. The Hall–Kier alpha value is -2.38. The largest absolute Gasteiger partial charge is 0.489 e. The van der Waals surface area contributed by atoms with Gasteiger partial charge in [0, 0.05) is 14.2 Å². The van der Waals surface area contributed by atoms with Crippen LogP contribution < -0.4 is 10.2 Å². The first-order valence-electron chi connectivity index (χ1n) is 8.16. The summed E-state index contributed by atoms with van der Waals surface area (Å²) in [5.41, 5.74) is 4.99. The number of amides is 1. The topological polar surface area (TPSA) is 50.7 Å². The highest BCUT2D eigenvalue weighted by molar-refractivity contribution is 14.1. The van der Waals surface area contributed by atoms with Crippen LogP contribution in [0.3, 0.4) is 0 Å². The second-order valence-electron chi connectivity index (χ2n) is 5.69. The van der Waals surface area contributed by atoms with E-state index in [1.807, 2.05) is 60.7 Å². The molecule has 3 rings (SSSR count). The van der Waals surface area contributed by atoms with Crippen molar-refractivity contribution in [3.8, 4) is 5.75 Å². The number of nitrogens with zero attached hydrogens (tertiary/aromatic N) is 1. The second-order valence-corrected chi connectivity index (χ2v) is 7.37.